The molecule has 0 radical (unpaired) electrons. The van der Waals surface area contributed by atoms with Crippen LogP contribution in [0.5, 0.6) is 0 Å². The predicted molar refractivity (Wildman–Crippen MR) is 76.9 cm³/mol. The fraction of sp³-hybridized carbons (Fsp3) is 0.600. The molecule has 1 unspecified atom stereocenters. The van der Waals surface area contributed by atoms with Gasteiger partial charge in [0.1, 0.15) is 6.04 Å². The summed E-state index contributed by atoms with van der Waals surface area (Å²) >= 11 is 0. The quantitative estimate of drug-likeness (QED) is 0.744. The molecule has 2 amide bonds. The van der Waals surface area contributed by atoms with Gasteiger partial charge in [0.25, 0.3) is 5.91 Å². The second kappa shape index (κ2) is 7.26. The highest BCUT2D eigenvalue weighted by Crippen LogP contribution is 2.22. The van der Waals surface area contributed by atoms with E-state index in [1.54, 1.807) is 36.1 Å². The zero-order chi connectivity index (χ0) is 15.2. The number of amides is 2. The largest absolute Gasteiger partial charge is 0.459 e. The number of hydrogen-bond acceptors (Lipinski definition) is 4. The smallest absolute Gasteiger partial charge is 0.290 e. The van der Waals surface area contributed by atoms with Crippen molar-refractivity contribution in [1.29, 1.82) is 0 Å². The van der Waals surface area contributed by atoms with Crippen LogP contribution in [0.25, 0.3) is 0 Å². The molecule has 6 heteroatoms. The van der Waals surface area contributed by atoms with Gasteiger partial charge in [-0.1, -0.05) is 0 Å². The summed E-state index contributed by atoms with van der Waals surface area (Å²) < 4.78 is 10.1. The Morgan fingerprint density at radius 3 is 3.00 bits per heavy atom. The lowest BCUT2D eigenvalue weighted by atomic mass is 10.2. The Balaban J connectivity index is 1.97. The third-order valence-corrected chi connectivity index (χ3v) is 3.75. The van der Waals surface area contributed by atoms with Crippen molar-refractivity contribution in [3.05, 3.63) is 24.2 Å². The average molecular weight is 294 g/mol. The standard InChI is InChI=1S/C15H22N2O4/c1-16(8-5-10-20-2)14(18)12-6-3-9-17(12)15(19)13-7-4-11-21-13/h4,7,11-12H,3,5-6,8-10H2,1-2H3. The van der Waals surface area contributed by atoms with Crippen molar-refractivity contribution in [3.63, 3.8) is 0 Å². The zero-order valence-electron chi connectivity index (χ0n) is 12.6. The monoisotopic (exact) mass is 294 g/mol. The molecule has 1 saturated heterocycles. The number of furan rings is 1. The van der Waals surface area contributed by atoms with Crippen LogP contribution in [-0.4, -0.2) is 61.5 Å². The van der Waals surface area contributed by atoms with Crippen LogP contribution in [0.3, 0.4) is 0 Å². The van der Waals surface area contributed by atoms with Crippen LogP contribution in [0, 0.1) is 0 Å². The first-order valence-corrected chi connectivity index (χ1v) is 7.23. The van der Waals surface area contributed by atoms with E-state index >= 15 is 0 Å². The lowest BCUT2D eigenvalue weighted by Crippen LogP contribution is -2.46. The Morgan fingerprint density at radius 2 is 2.33 bits per heavy atom. The van der Waals surface area contributed by atoms with Gasteiger partial charge in [0.05, 0.1) is 6.26 Å². The third kappa shape index (κ3) is 3.64. The molecule has 0 spiro atoms. The average Bonchev–Trinajstić information content (AvgIpc) is 3.17. The molecule has 1 aliphatic rings. The minimum Gasteiger partial charge on any atom is -0.459 e. The molecule has 0 N–H and O–H groups in total. The van der Waals surface area contributed by atoms with E-state index in [0.717, 1.165) is 12.8 Å². The molecule has 0 bridgehead atoms. The molecule has 1 aromatic rings. The Morgan fingerprint density at radius 1 is 1.52 bits per heavy atom. The zero-order valence-corrected chi connectivity index (χ0v) is 12.6. The predicted octanol–water partition coefficient (Wildman–Crippen LogP) is 1.38. The molecular formula is C15H22N2O4. The fourth-order valence-corrected chi connectivity index (χ4v) is 2.62. The van der Waals surface area contributed by atoms with E-state index in [9.17, 15) is 9.59 Å². The lowest BCUT2D eigenvalue weighted by molar-refractivity contribution is -0.134. The van der Waals surface area contributed by atoms with Gasteiger partial charge in [-0.2, -0.15) is 0 Å². The van der Waals surface area contributed by atoms with Crippen LogP contribution in [0.2, 0.25) is 0 Å². The summed E-state index contributed by atoms with van der Waals surface area (Å²) in [5.74, 6) is 0.0707. The molecule has 2 heterocycles. The lowest BCUT2D eigenvalue weighted by Gasteiger charge is -2.27. The molecular weight excluding hydrogens is 272 g/mol. The van der Waals surface area contributed by atoms with E-state index in [-0.39, 0.29) is 23.6 Å². The first-order chi connectivity index (χ1) is 10.1. The molecule has 1 atom stereocenters. The van der Waals surface area contributed by atoms with Crippen LogP contribution in [-0.2, 0) is 9.53 Å². The Bertz CT molecular complexity index is 472. The van der Waals surface area contributed by atoms with E-state index < -0.39 is 0 Å². The maximum absolute atomic E-state index is 12.5. The van der Waals surface area contributed by atoms with Crippen LogP contribution in [0.4, 0.5) is 0 Å². The first kappa shape index (κ1) is 15.6. The number of likely N-dealkylation sites (N-methyl/N-ethyl adjacent to an activating group) is 1. The van der Waals surface area contributed by atoms with Gasteiger partial charge in [-0.25, -0.2) is 0 Å². The minimum absolute atomic E-state index is 0.0106. The number of ether oxygens (including phenoxy) is 1. The minimum atomic E-state index is -0.379. The Hall–Kier alpha value is -1.82. The van der Waals surface area contributed by atoms with Crippen molar-refractivity contribution >= 4 is 11.8 Å². The van der Waals surface area contributed by atoms with Gasteiger partial charge in [-0.3, -0.25) is 9.59 Å². The molecule has 6 nitrogen and oxygen atoms in total. The van der Waals surface area contributed by atoms with Gasteiger partial charge in [0.2, 0.25) is 5.91 Å². The van der Waals surface area contributed by atoms with Gasteiger partial charge in [-0.05, 0) is 31.4 Å². The number of methoxy groups -OCH3 is 1. The maximum Gasteiger partial charge on any atom is 0.290 e. The topological polar surface area (TPSA) is 63.0 Å². The highest BCUT2D eigenvalue weighted by Gasteiger charge is 2.36. The third-order valence-electron chi connectivity index (χ3n) is 3.75. The number of nitrogens with zero attached hydrogens (tertiary/aromatic N) is 2. The van der Waals surface area contributed by atoms with Gasteiger partial charge in [0.15, 0.2) is 5.76 Å². The van der Waals surface area contributed by atoms with Crippen molar-refractivity contribution in [2.75, 3.05) is 33.9 Å². The van der Waals surface area contributed by atoms with Crippen molar-refractivity contribution < 1.29 is 18.7 Å². The molecule has 2 rings (SSSR count). The SMILES string of the molecule is COCCCN(C)C(=O)C1CCCN1C(=O)c1ccco1. The van der Waals surface area contributed by atoms with Crippen LogP contribution in [0.15, 0.2) is 22.8 Å². The van der Waals surface area contributed by atoms with Crippen molar-refractivity contribution in [2.45, 2.75) is 25.3 Å². The summed E-state index contributed by atoms with van der Waals surface area (Å²) in [5, 5.41) is 0. The number of likely N-dealkylation sites (tertiary alicyclic amines) is 1. The molecule has 1 aromatic heterocycles. The van der Waals surface area contributed by atoms with Crippen molar-refractivity contribution in [2.24, 2.45) is 0 Å². The normalized spacial score (nSPS) is 18.0. The highest BCUT2D eigenvalue weighted by atomic mass is 16.5. The summed E-state index contributed by atoms with van der Waals surface area (Å²) in [6.45, 7) is 1.85. The Kier molecular flexibility index (Phi) is 5.38. The van der Waals surface area contributed by atoms with Crippen LogP contribution in [0.1, 0.15) is 29.8 Å². The molecule has 21 heavy (non-hydrogen) atoms. The number of rotatable bonds is 6. The second-order valence-corrected chi connectivity index (χ2v) is 5.24. The number of hydrogen-bond donors (Lipinski definition) is 0. The summed E-state index contributed by atoms with van der Waals surface area (Å²) in [5.41, 5.74) is 0. The molecule has 0 saturated carbocycles. The van der Waals surface area contributed by atoms with Crippen molar-refractivity contribution in [3.8, 4) is 0 Å². The van der Waals surface area contributed by atoms with E-state index in [1.165, 1.54) is 6.26 Å². The van der Waals surface area contributed by atoms with E-state index in [4.69, 9.17) is 9.15 Å². The number of carbonyl (C=O) groups excluding carboxylic acids is 2. The number of carbonyl (C=O) groups is 2. The van der Waals surface area contributed by atoms with Crippen LogP contribution < -0.4 is 0 Å². The van der Waals surface area contributed by atoms with Crippen molar-refractivity contribution in [1.82, 2.24) is 9.80 Å². The molecule has 0 aromatic carbocycles. The van der Waals surface area contributed by atoms with E-state index in [2.05, 4.69) is 0 Å². The highest BCUT2D eigenvalue weighted by molar-refractivity contribution is 5.95. The van der Waals surface area contributed by atoms with Crippen LogP contribution >= 0.6 is 0 Å². The van der Waals surface area contributed by atoms with Gasteiger partial charge in [-0.15, -0.1) is 0 Å². The van der Waals surface area contributed by atoms with Gasteiger partial charge < -0.3 is 19.0 Å². The molecule has 1 aliphatic heterocycles. The Labute approximate surface area is 124 Å². The summed E-state index contributed by atoms with van der Waals surface area (Å²) in [6, 6.07) is 2.93. The summed E-state index contributed by atoms with van der Waals surface area (Å²) in [4.78, 5) is 28.1. The molecule has 116 valence electrons. The molecule has 0 aliphatic carbocycles. The summed E-state index contributed by atoms with van der Waals surface area (Å²) in [7, 11) is 3.41. The first-order valence-electron chi connectivity index (χ1n) is 7.23. The maximum atomic E-state index is 12.5. The second-order valence-electron chi connectivity index (χ2n) is 5.24. The van der Waals surface area contributed by atoms with Gasteiger partial charge in [0, 0.05) is 33.9 Å². The summed E-state index contributed by atoms with van der Waals surface area (Å²) in [6.07, 6.45) is 3.81. The fourth-order valence-electron chi connectivity index (χ4n) is 2.62. The molecule has 1 fully saturated rings. The van der Waals surface area contributed by atoms with Gasteiger partial charge >= 0.3 is 0 Å². The van der Waals surface area contributed by atoms with E-state index in [1.807, 2.05) is 0 Å². The van der Waals surface area contributed by atoms with E-state index in [0.29, 0.717) is 26.1 Å².